The molecule has 6 rings (SSSR count). The Morgan fingerprint density at radius 1 is 0.400 bits per heavy atom. The Balaban J connectivity index is 0.000000163. The molecule has 40 heavy (non-hydrogen) atoms. The van der Waals surface area contributed by atoms with Crippen LogP contribution in [0.3, 0.4) is 0 Å². The summed E-state index contributed by atoms with van der Waals surface area (Å²) in [7, 11) is 0. The van der Waals surface area contributed by atoms with Crippen LogP contribution in [0.5, 0.6) is 17.6 Å². The minimum absolute atomic E-state index is 0. The summed E-state index contributed by atoms with van der Waals surface area (Å²) in [4.78, 5) is 11.8. The molecule has 6 nitrogen and oxygen atoms in total. The molecule has 0 N–H and O–H groups in total. The number of benzene rings is 3. The van der Waals surface area contributed by atoms with Crippen molar-refractivity contribution in [3.05, 3.63) is 106 Å². The minimum Gasteiger partial charge on any atom is -0.859 e. The zero-order chi connectivity index (χ0) is 28.3. The van der Waals surface area contributed by atoms with Gasteiger partial charge in [-0.05, 0) is 130 Å². The van der Waals surface area contributed by atoms with Gasteiger partial charge in [0.05, 0.1) is 16.6 Å². The largest absolute Gasteiger partial charge is 3.00 e. The first-order valence-electron chi connectivity index (χ1n) is 12.7. The molecule has 6 aromatic rings. The van der Waals surface area contributed by atoms with Crippen LogP contribution in [0.2, 0.25) is 0 Å². The molecule has 0 amide bonds. The molecule has 0 bridgehead atoms. The maximum atomic E-state index is 11.1. The van der Waals surface area contributed by atoms with Crippen LogP contribution in [0.1, 0.15) is 33.4 Å². The Morgan fingerprint density at radius 2 is 0.650 bits per heavy atom. The normalized spacial score (nSPS) is 10.3. The van der Waals surface area contributed by atoms with Crippen molar-refractivity contribution in [3.63, 3.8) is 0 Å². The Morgan fingerprint density at radius 3 is 0.900 bits per heavy atom. The van der Waals surface area contributed by atoms with Gasteiger partial charge >= 0.3 is 17.4 Å². The first kappa shape index (κ1) is 30.4. The number of rotatable bonds is 0. The number of hydrogen-bond donors (Lipinski definition) is 0. The van der Waals surface area contributed by atoms with Crippen LogP contribution < -0.4 is 15.3 Å². The van der Waals surface area contributed by atoms with Crippen molar-refractivity contribution in [2.24, 2.45) is 0 Å². The summed E-state index contributed by atoms with van der Waals surface area (Å²) < 4.78 is 0. The molecule has 0 fully saturated rings. The van der Waals surface area contributed by atoms with Crippen LogP contribution >= 0.6 is 0 Å². The fraction of sp³-hybridized carbons (Fsp3) is 0.182. The average Bonchev–Trinajstić information content (AvgIpc) is 2.86. The van der Waals surface area contributed by atoms with E-state index in [4.69, 9.17) is 0 Å². The third kappa shape index (κ3) is 7.26. The monoisotopic (exact) mass is 543 g/mol. The minimum atomic E-state index is -0.158. The molecule has 0 aliphatic heterocycles. The number of hydrogen-bond acceptors (Lipinski definition) is 6. The summed E-state index contributed by atoms with van der Waals surface area (Å²) in [6, 6.07) is 22.4. The predicted octanol–water partition coefficient (Wildman–Crippen LogP) is 5.39. The number of aromatic nitrogens is 3. The van der Waals surface area contributed by atoms with Gasteiger partial charge in [0.15, 0.2) is 0 Å². The van der Waals surface area contributed by atoms with Crippen molar-refractivity contribution in [2.45, 2.75) is 41.5 Å². The zero-order valence-electron chi connectivity index (χ0n) is 23.6. The molecule has 0 aliphatic carbocycles. The molecule has 0 atom stereocenters. The molecule has 3 aromatic carbocycles. The van der Waals surface area contributed by atoms with Gasteiger partial charge in [-0.1, -0.05) is 34.9 Å². The quantitative estimate of drug-likeness (QED) is 0.238. The molecule has 0 radical (unpaired) electrons. The second-order valence-electron chi connectivity index (χ2n) is 9.89. The maximum absolute atomic E-state index is 11.1. The van der Waals surface area contributed by atoms with Crippen LogP contribution in [0.4, 0.5) is 0 Å². The molecule has 0 saturated heterocycles. The summed E-state index contributed by atoms with van der Waals surface area (Å²) in [5.41, 5.74) is 8.93. The number of nitrogens with zero attached hydrogens (tertiary/aromatic N) is 3. The second kappa shape index (κ2) is 12.8. The predicted molar refractivity (Wildman–Crippen MR) is 158 cm³/mol. The average molecular weight is 544 g/mol. The molecular weight excluding hydrogens is 513 g/mol. The van der Waals surface area contributed by atoms with Gasteiger partial charge in [0.1, 0.15) is 0 Å². The third-order valence-electron chi connectivity index (χ3n) is 6.44. The fourth-order valence-corrected chi connectivity index (χ4v) is 4.43. The van der Waals surface area contributed by atoms with Crippen LogP contribution in [0.15, 0.2) is 72.8 Å². The van der Waals surface area contributed by atoms with E-state index >= 15 is 0 Å². The summed E-state index contributed by atoms with van der Waals surface area (Å²) in [5, 5.41) is 36.4. The van der Waals surface area contributed by atoms with Gasteiger partial charge in [-0.25, -0.2) is 0 Å². The van der Waals surface area contributed by atoms with Gasteiger partial charge in [0.2, 0.25) is 0 Å². The van der Waals surface area contributed by atoms with E-state index in [1.165, 1.54) is 16.7 Å². The van der Waals surface area contributed by atoms with Crippen molar-refractivity contribution in [1.82, 2.24) is 15.0 Å². The van der Waals surface area contributed by atoms with E-state index < -0.39 is 0 Å². The molecule has 3 aromatic heterocycles. The van der Waals surface area contributed by atoms with Crippen LogP contribution in [-0.2, 0) is 0 Å². The van der Waals surface area contributed by atoms with E-state index in [9.17, 15) is 15.3 Å². The Bertz CT molecular complexity index is 1610. The standard InChI is InChI=1S/3C11H11NO.Al/c3*1-7-3-4-10-9(5-7)8(2)6-11(13)12-10;/h3*3-6H,1-2H3,(H,12,13);/q;;;+3/p-3. The van der Waals surface area contributed by atoms with E-state index in [1.807, 2.05) is 77.9 Å². The van der Waals surface area contributed by atoms with Crippen molar-refractivity contribution in [3.8, 4) is 17.6 Å². The molecule has 0 unspecified atom stereocenters. The van der Waals surface area contributed by atoms with E-state index in [-0.39, 0.29) is 35.0 Å². The summed E-state index contributed by atoms with van der Waals surface area (Å²) in [6.07, 6.45) is 0. The van der Waals surface area contributed by atoms with E-state index in [0.29, 0.717) is 0 Å². The van der Waals surface area contributed by atoms with Crippen LogP contribution in [-0.4, -0.2) is 32.3 Å². The topological polar surface area (TPSA) is 108 Å². The number of pyridine rings is 3. The fourth-order valence-electron chi connectivity index (χ4n) is 4.43. The van der Waals surface area contributed by atoms with Crippen molar-refractivity contribution in [2.75, 3.05) is 0 Å². The summed E-state index contributed by atoms with van der Waals surface area (Å²) in [5.74, 6) is -0.475. The molecular formula is C33H30AlN3O3. The van der Waals surface area contributed by atoms with E-state index in [0.717, 1.165) is 49.4 Å². The second-order valence-corrected chi connectivity index (χ2v) is 9.89. The van der Waals surface area contributed by atoms with Crippen molar-refractivity contribution >= 4 is 50.1 Å². The molecule has 0 aliphatic rings. The molecule has 0 saturated carbocycles. The van der Waals surface area contributed by atoms with Gasteiger partial charge in [0.25, 0.3) is 0 Å². The first-order valence-corrected chi connectivity index (χ1v) is 12.7. The van der Waals surface area contributed by atoms with Gasteiger partial charge in [-0.3, -0.25) is 15.0 Å². The Labute approximate surface area is 245 Å². The molecule has 198 valence electrons. The number of fused-ring (bicyclic) bond motifs is 3. The Hall–Kier alpha value is -4.18. The summed E-state index contributed by atoms with van der Waals surface area (Å²) in [6.45, 7) is 11.9. The molecule has 3 heterocycles. The first-order chi connectivity index (χ1) is 18.5. The van der Waals surface area contributed by atoms with Gasteiger partial charge < -0.3 is 15.3 Å². The van der Waals surface area contributed by atoms with Gasteiger partial charge in [-0.2, -0.15) is 0 Å². The zero-order valence-corrected chi connectivity index (χ0v) is 24.7. The van der Waals surface area contributed by atoms with Crippen molar-refractivity contribution < 1.29 is 15.3 Å². The Kier molecular flexibility index (Phi) is 9.70. The smallest absolute Gasteiger partial charge is 0.859 e. The van der Waals surface area contributed by atoms with E-state index in [1.54, 1.807) is 18.2 Å². The van der Waals surface area contributed by atoms with E-state index in [2.05, 4.69) is 33.2 Å². The third-order valence-corrected chi connectivity index (χ3v) is 6.44. The van der Waals surface area contributed by atoms with Crippen LogP contribution in [0, 0.1) is 41.5 Å². The van der Waals surface area contributed by atoms with Gasteiger partial charge in [0, 0.05) is 16.2 Å². The molecule has 0 spiro atoms. The van der Waals surface area contributed by atoms with Crippen LogP contribution in [0.25, 0.3) is 32.7 Å². The maximum Gasteiger partial charge on any atom is 3.00 e. The summed E-state index contributed by atoms with van der Waals surface area (Å²) >= 11 is 0. The SMILES string of the molecule is Cc1ccc2nc([O-])cc(C)c2c1.Cc1ccc2nc([O-])cc(C)c2c1.Cc1ccc2nc([O-])cc(C)c2c1.[Al+3]. The van der Waals surface area contributed by atoms with Crippen molar-refractivity contribution in [1.29, 1.82) is 0 Å². The molecule has 7 heteroatoms. The van der Waals surface area contributed by atoms with Gasteiger partial charge in [-0.15, -0.1) is 0 Å². The number of aryl methyl sites for hydroxylation is 6.